The third kappa shape index (κ3) is 20.8. The second-order valence-corrected chi connectivity index (χ2v) is 27.6. The summed E-state index contributed by atoms with van der Waals surface area (Å²) in [6, 6.07) is -1.41. The Morgan fingerprint density at radius 3 is 1.62 bits per heavy atom. The Morgan fingerprint density at radius 1 is 0.605 bits per heavy atom. The molecule has 0 aromatic rings. The van der Waals surface area contributed by atoms with Gasteiger partial charge in [0.15, 0.2) is 17.9 Å². The van der Waals surface area contributed by atoms with Crippen molar-refractivity contribution in [3.63, 3.8) is 0 Å². The zero-order chi connectivity index (χ0) is 62.6. The summed E-state index contributed by atoms with van der Waals surface area (Å²) in [4.78, 5) is 58.6. The van der Waals surface area contributed by atoms with Crippen molar-refractivity contribution in [3.8, 4) is 0 Å². The van der Waals surface area contributed by atoms with Crippen molar-refractivity contribution >= 4 is 41.7 Å². The minimum atomic E-state index is -0.657. The zero-order valence-corrected chi connectivity index (χ0v) is 53.5. The maximum atomic E-state index is 13.4. The fourth-order valence-electron chi connectivity index (χ4n) is 16.0. The van der Waals surface area contributed by atoms with Crippen LogP contribution in [0.1, 0.15) is 176 Å². The monoisotopic (exact) mass is 1210 g/mol. The highest BCUT2D eigenvalue weighted by atomic mass is 16.6. The van der Waals surface area contributed by atoms with Gasteiger partial charge in [-0.3, -0.25) is 30.6 Å². The molecule has 21 N–H and O–H groups in total. The van der Waals surface area contributed by atoms with E-state index in [1.807, 2.05) is 4.90 Å². The van der Waals surface area contributed by atoms with Crippen LogP contribution < -0.4 is 66.3 Å². The van der Waals surface area contributed by atoms with Crippen LogP contribution in [0.3, 0.4) is 0 Å². The third-order valence-corrected chi connectivity index (χ3v) is 21.0. The predicted molar refractivity (Wildman–Crippen MR) is 343 cm³/mol. The Morgan fingerprint density at radius 2 is 1.10 bits per heavy atom. The van der Waals surface area contributed by atoms with E-state index >= 15 is 0 Å². The molecule has 6 aliphatic rings. The van der Waals surface area contributed by atoms with Crippen molar-refractivity contribution in [1.29, 1.82) is 16.2 Å². The molecule has 1 aliphatic heterocycles. The molecule has 0 spiro atoms. The lowest BCUT2D eigenvalue weighted by Crippen LogP contribution is -2.51. The molecule has 5 aliphatic carbocycles. The smallest absolute Gasteiger partial charge is 0.407 e. The van der Waals surface area contributed by atoms with E-state index in [-0.39, 0.29) is 65.3 Å². The van der Waals surface area contributed by atoms with E-state index in [2.05, 4.69) is 82.4 Å². The van der Waals surface area contributed by atoms with Crippen molar-refractivity contribution in [2.45, 2.75) is 212 Å². The van der Waals surface area contributed by atoms with Gasteiger partial charge in [0.2, 0.25) is 17.7 Å². The van der Waals surface area contributed by atoms with Crippen LogP contribution in [-0.2, 0) is 19.1 Å². The van der Waals surface area contributed by atoms with E-state index in [4.69, 9.17) is 55.4 Å². The van der Waals surface area contributed by atoms with E-state index in [1.54, 1.807) is 0 Å². The Bertz CT molecular complexity index is 2230. The lowest BCUT2D eigenvalue weighted by atomic mass is 9.47. The van der Waals surface area contributed by atoms with Crippen LogP contribution in [0.25, 0.3) is 0 Å². The first-order chi connectivity index (χ1) is 41.0. The maximum Gasteiger partial charge on any atom is 0.407 e. The first kappa shape index (κ1) is 70.1. The van der Waals surface area contributed by atoms with Crippen molar-refractivity contribution in [2.24, 2.45) is 86.7 Å². The summed E-state index contributed by atoms with van der Waals surface area (Å²) in [6.45, 7) is 19.9. The average Bonchev–Trinajstić information content (AvgIpc) is 1.52. The number of fused-ring (bicyclic) bond motifs is 6. The molecular weight excluding hydrogens is 1090 g/mol. The summed E-state index contributed by atoms with van der Waals surface area (Å²) < 4.78 is 6.18. The van der Waals surface area contributed by atoms with Gasteiger partial charge in [-0.1, -0.05) is 65.5 Å². The number of alkyl carbamates (subject to hydrolysis) is 1. The normalized spacial score (nSPS) is 27.5. The Kier molecular flexibility index (Phi) is 27.8. The molecule has 490 valence electrons. The first-order valence-corrected chi connectivity index (χ1v) is 33.5. The van der Waals surface area contributed by atoms with Crippen molar-refractivity contribution in [2.75, 3.05) is 78.5 Å². The molecule has 4 saturated carbocycles. The number of guanidine groups is 3. The molecule has 0 aromatic carbocycles. The maximum absolute atomic E-state index is 13.4. The zero-order valence-electron chi connectivity index (χ0n) is 53.5. The molecule has 5 fully saturated rings. The number of carbonyl (C=O) groups excluding carboxylic acids is 4. The number of likely N-dealkylation sites (tertiary alicyclic amines) is 1. The Balaban J connectivity index is 0.957. The summed E-state index contributed by atoms with van der Waals surface area (Å²) in [5, 5.41) is 39.9. The third-order valence-electron chi connectivity index (χ3n) is 21.0. The summed E-state index contributed by atoms with van der Waals surface area (Å²) in [7, 11) is 0. The number of carbonyl (C=O) groups is 4. The molecule has 86 heavy (non-hydrogen) atoms. The van der Waals surface area contributed by atoms with E-state index in [0.717, 1.165) is 120 Å². The topological polar surface area (TPSA) is 387 Å². The summed E-state index contributed by atoms with van der Waals surface area (Å²) in [5.41, 5.74) is 37.1. The number of allylic oxidation sites excluding steroid dienone is 1. The number of nitrogens with zero attached hydrogens (tertiary/aromatic N) is 3. The van der Waals surface area contributed by atoms with Gasteiger partial charge >= 0.3 is 6.09 Å². The van der Waals surface area contributed by atoms with Gasteiger partial charge in [0.1, 0.15) is 6.10 Å². The van der Waals surface area contributed by atoms with Crippen LogP contribution in [0.2, 0.25) is 0 Å². The van der Waals surface area contributed by atoms with Crippen LogP contribution in [0, 0.1) is 68.5 Å². The Hall–Kier alpha value is -4.97. The molecule has 23 nitrogen and oxygen atoms in total. The van der Waals surface area contributed by atoms with Crippen molar-refractivity contribution < 1.29 is 23.9 Å². The van der Waals surface area contributed by atoms with Gasteiger partial charge < -0.3 is 85.7 Å². The minimum Gasteiger partial charge on any atom is -0.446 e. The molecule has 0 radical (unpaired) electrons. The van der Waals surface area contributed by atoms with Gasteiger partial charge in [-0.05, 0) is 201 Å². The second-order valence-electron chi connectivity index (χ2n) is 27.6. The number of amides is 4. The number of rotatable bonds is 40. The van der Waals surface area contributed by atoms with Crippen molar-refractivity contribution in [1.82, 2.24) is 46.6 Å². The summed E-state index contributed by atoms with van der Waals surface area (Å²) in [5.74, 6) is 4.30. The van der Waals surface area contributed by atoms with Gasteiger partial charge in [-0.25, -0.2) is 4.79 Å². The molecule has 1 saturated heterocycles. The SMILES string of the molecule is CC(C)CCCC(C)C1CCC2C3CC=C4CC(OC(=O)NCCCN(CCCCN(CCCNC(=O)C(N)CCCNC(=N)N)CCCNC(=O)C(N)CC5C6C5N6C(=N)N)CCCNC(=O)C(N)CCCNC(=N)N)CCC4(C)C3CCC12C. The average molecular weight is 1210 g/mol. The fourth-order valence-corrected chi connectivity index (χ4v) is 16.0. The number of hydrogen-bond donors (Lipinski definition) is 15. The lowest BCUT2D eigenvalue weighted by molar-refractivity contribution is -0.123. The van der Waals surface area contributed by atoms with E-state index in [9.17, 15) is 19.2 Å². The molecule has 13 unspecified atom stereocenters. The molecule has 6 rings (SSSR count). The van der Waals surface area contributed by atoms with E-state index < -0.39 is 18.1 Å². The van der Waals surface area contributed by atoms with Crippen molar-refractivity contribution in [3.05, 3.63) is 11.6 Å². The summed E-state index contributed by atoms with van der Waals surface area (Å²) >= 11 is 0. The number of unbranched alkanes of at least 4 members (excludes halogenated alkanes) is 1. The van der Waals surface area contributed by atoms with Crippen LogP contribution in [0.15, 0.2) is 11.6 Å². The number of ether oxygens (including phenoxy) is 1. The van der Waals surface area contributed by atoms with Crippen LogP contribution in [0.5, 0.6) is 0 Å². The fraction of sp³-hybridized carbons (Fsp3) is 0.857. The molecular formula is C63H118N18O5. The molecule has 13 atom stereocenters. The number of hydrogen-bond acceptors (Lipinski definition) is 13. The molecule has 0 bridgehead atoms. The first-order valence-electron chi connectivity index (χ1n) is 33.5. The van der Waals surface area contributed by atoms with Gasteiger partial charge in [-0.15, -0.1) is 0 Å². The largest absolute Gasteiger partial charge is 0.446 e. The van der Waals surface area contributed by atoms with E-state index in [1.165, 1.54) is 56.9 Å². The van der Waals surface area contributed by atoms with E-state index in [0.29, 0.717) is 95.0 Å². The quantitative estimate of drug-likeness (QED) is 0.0136. The highest BCUT2D eigenvalue weighted by Gasteiger charge is 2.73. The molecule has 4 amide bonds. The van der Waals surface area contributed by atoms with Gasteiger partial charge in [-0.2, -0.15) is 0 Å². The Labute approximate surface area is 515 Å². The van der Waals surface area contributed by atoms with Gasteiger partial charge in [0, 0.05) is 51.6 Å². The van der Waals surface area contributed by atoms with Crippen LogP contribution in [-0.4, -0.2) is 171 Å². The summed E-state index contributed by atoms with van der Waals surface area (Å²) in [6.07, 6.45) is 23.1. The standard InChI is InChI=1S/C63H118N18O5/c1-41(2)15-8-16-42(3)47-21-22-48-45-20-19-43-39-44(23-25-62(43,4)49(45)24-26-63(47,48)5)86-61(85)78-32-14-38-80(36-12-30-74-56(83)51(65)18-10-28-77-59(69)70)34-7-6-33-79(35-11-29-73-55(82)50(64)17-9-27-76-58(67)68)37-13-31-75-57(84)52(66)40-46-53-54(46)81(53)60(71)72/h19,41-42,44-54H,6-18,20-40,64-66H2,1-5H3,(H3,71,72)(H,73,82)(H,74,83)(H,75,84)(H,78,85)(H4,67,68,76)(H4,69,70,77). The molecule has 0 aromatic heterocycles. The molecule has 23 heteroatoms. The second kappa shape index (κ2) is 34.1. The lowest BCUT2D eigenvalue weighted by Gasteiger charge is -2.58. The number of nitrogens with two attached hydrogens (primary N) is 6. The van der Waals surface area contributed by atoms with Gasteiger partial charge in [0.05, 0.1) is 30.2 Å². The number of nitrogens with one attached hydrogen (secondary N) is 9. The highest BCUT2D eigenvalue weighted by molar-refractivity contribution is 5.83. The highest BCUT2D eigenvalue weighted by Crippen LogP contribution is 2.67. The van der Waals surface area contributed by atoms with Crippen LogP contribution in [0.4, 0.5) is 4.79 Å². The van der Waals surface area contributed by atoms with Gasteiger partial charge in [0.25, 0.3) is 0 Å². The van der Waals surface area contributed by atoms with Crippen LogP contribution >= 0.6 is 0 Å². The predicted octanol–water partition coefficient (Wildman–Crippen LogP) is 3.89. The minimum absolute atomic E-state index is 0.0742. The molecule has 1 heterocycles.